The fourth-order valence-electron chi connectivity index (χ4n) is 4.44. The molecule has 1 amide bonds. The van der Waals surface area contributed by atoms with E-state index >= 15 is 0 Å². The van der Waals surface area contributed by atoms with Crippen molar-refractivity contribution < 1.29 is 17.6 Å². The van der Waals surface area contributed by atoms with Crippen molar-refractivity contribution in [3.05, 3.63) is 135 Å². The number of fused-ring (bicyclic) bond motifs is 1. The van der Waals surface area contributed by atoms with Crippen molar-refractivity contribution in [2.24, 2.45) is 0 Å². The maximum Gasteiger partial charge on any atom is 0.268 e. The van der Waals surface area contributed by atoms with Crippen LogP contribution in [-0.4, -0.2) is 18.3 Å². The van der Waals surface area contributed by atoms with Crippen LogP contribution in [0.4, 0.5) is 4.39 Å². The number of hydrogen-bond donors (Lipinski definition) is 1. The van der Waals surface area contributed by atoms with E-state index in [1.807, 2.05) is 31.2 Å². The van der Waals surface area contributed by atoms with Crippen LogP contribution < -0.4 is 5.32 Å². The summed E-state index contributed by atoms with van der Waals surface area (Å²) in [4.78, 5) is 12.7. The van der Waals surface area contributed by atoms with Crippen molar-refractivity contribution >= 4 is 50.0 Å². The molecule has 1 atom stereocenters. The monoisotopic (exact) mass is 580 g/mol. The van der Waals surface area contributed by atoms with Crippen molar-refractivity contribution in [2.45, 2.75) is 24.3 Å². The first kappa shape index (κ1) is 26.9. The molecule has 1 aromatic heterocycles. The average molecular weight is 581 g/mol. The van der Waals surface area contributed by atoms with E-state index in [1.165, 1.54) is 46.4 Å². The average Bonchev–Trinajstić information content (AvgIpc) is 3.27. The first-order valence-corrected chi connectivity index (χ1v) is 14.3. The molecule has 0 saturated heterocycles. The van der Waals surface area contributed by atoms with E-state index in [0.717, 1.165) is 11.1 Å². The smallest absolute Gasteiger partial charge is 0.268 e. The van der Waals surface area contributed by atoms with Crippen molar-refractivity contribution in [2.75, 3.05) is 0 Å². The zero-order valence-electron chi connectivity index (χ0n) is 20.7. The molecular weight excluding hydrogens is 558 g/mol. The van der Waals surface area contributed by atoms with E-state index in [2.05, 4.69) is 5.32 Å². The van der Waals surface area contributed by atoms with Crippen LogP contribution in [0.1, 0.15) is 40.1 Å². The van der Waals surface area contributed by atoms with E-state index in [9.17, 15) is 17.6 Å². The third-order valence-corrected chi connectivity index (χ3v) is 8.75. The predicted octanol–water partition coefficient (Wildman–Crippen LogP) is 7.41. The number of amides is 1. The summed E-state index contributed by atoms with van der Waals surface area (Å²) < 4.78 is 42.6. The maximum absolute atomic E-state index is 14.0. The number of rotatable bonds is 7. The van der Waals surface area contributed by atoms with Gasteiger partial charge in [0.05, 0.1) is 16.5 Å². The third-order valence-electron chi connectivity index (χ3n) is 6.46. The predicted molar refractivity (Wildman–Crippen MR) is 153 cm³/mol. The van der Waals surface area contributed by atoms with Gasteiger partial charge in [0.15, 0.2) is 0 Å². The lowest BCUT2D eigenvalue weighted by Crippen LogP contribution is -2.26. The zero-order valence-corrected chi connectivity index (χ0v) is 23.1. The van der Waals surface area contributed by atoms with Crippen molar-refractivity contribution in [1.29, 1.82) is 0 Å². The molecule has 1 heterocycles. The fraction of sp³-hybridized carbons (Fsp3) is 0.100. The quantitative estimate of drug-likeness (QED) is 0.218. The van der Waals surface area contributed by atoms with Crippen molar-refractivity contribution in [3.63, 3.8) is 0 Å². The van der Waals surface area contributed by atoms with Gasteiger partial charge in [0.2, 0.25) is 0 Å². The standard InChI is InChI=1S/C30H23Cl2FN2O3S/c1-19(34-30(36)22-6-8-24(31)9-7-22)21-4-2-20(3-5-21)16-27-18-23-17-26(33)12-15-29(23)35(27)39(37,38)28-13-10-25(32)11-14-28/h2-15,17-19H,16H2,1H3,(H,34,36). The number of nitrogens with zero attached hydrogens (tertiary/aromatic N) is 1. The Bertz CT molecular complexity index is 1770. The molecule has 5 nitrogen and oxygen atoms in total. The minimum absolute atomic E-state index is 0.0792. The lowest BCUT2D eigenvalue weighted by molar-refractivity contribution is 0.0940. The van der Waals surface area contributed by atoms with Gasteiger partial charge in [0.25, 0.3) is 15.9 Å². The second-order valence-electron chi connectivity index (χ2n) is 9.18. The Morgan fingerprint density at radius 2 is 1.49 bits per heavy atom. The van der Waals surface area contributed by atoms with Gasteiger partial charge in [-0.15, -0.1) is 0 Å². The van der Waals surface area contributed by atoms with E-state index in [0.29, 0.717) is 32.2 Å². The lowest BCUT2D eigenvalue weighted by Gasteiger charge is -2.16. The summed E-state index contributed by atoms with van der Waals surface area (Å²) in [5.74, 6) is -0.665. The third kappa shape index (κ3) is 5.71. The lowest BCUT2D eigenvalue weighted by atomic mass is 10.0. The highest BCUT2D eigenvalue weighted by Gasteiger charge is 2.23. The highest BCUT2D eigenvalue weighted by Crippen LogP contribution is 2.29. The molecule has 5 aromatic rings. The van der Waals surface area contributed by atoms with Crippen molar-refractivity contribution in [1.82, 2.24) is 9.29 Å². The largest absolute Gasteiger partial charge is 0.346 e. The topological polar surface area (TPSA) is 68.2 Å². The van der Waals surface area contributed by atoms with Crippen LogP contribution in [0.15, 0.2) is 102 Å². The Hall–Kier alpha value is -3.65. The molecule has 198 valence electrons. The number of benzene rings is 4. The molecule has 0 spiro atoms. The summed E-state index contributed by atoms with van der Waals surface area (Å²) in [5.41, 5.74) is 3.12. The van der Waals surface area contributed by atoms with E-state index in [4.69, 9.17) is 23.2 Å². The number of carbonyl (C=O) groups is 1. The van der Waals surface area contributed by atoms with Gasteiger partial charge in [0, 0.05) is 33.1 Å². The summed E-state index contributed by atoms with van der Waals surface area (Å²) in [6, 6.07) is 25.6. The van der Waals surface area contributed by atoms with E-state index < -0.39 is 15.8 Å². The number of halogens is 3. The minimum Gasteiger partial charge on any atom is -0.346 e. The van der Waals surface area contributed by atoms with Gasteiger partial charge in [-0.3, -0.25) is 4.79 Å². The summed E-state index contributed by atoms with van der Waals surface area (Å²) >= 11 is 11.9. The van der Waals surface area contributed by atoms with Gasteiger partial charge in [-0.25, -0.2) is 16.8 Å². The second-order valence-corrected chi connectivity index (χ2v) is 11.8. The van der Waals surface area contributed by atoms with Gasteiger partial charge in [-0.05, 0) is 90.8 Å². The Kier molecular flexibility index (Phi) is 7.49. The van der Waals surface area contributed by atoms with E-state index in [1.54, 1.807) is 30.3 Å². The number of carbonyl (C=O) groups excluding carboxylic acids is 1. The van der Waals surface area contributed by atoms with Crippen LogP contribution >= 0.6 is 23.2 Å². The molecule has 0 bridgehead atoms. The number of nitrogens with one attached hydrogen (secondary N) is 1. The summed E-state index contributed by atoms with van der Waals surface area (Å²) in [6.45, 7) is 1.88. The van der Waals surface area contributed by atoms with Gasteiger partial charge < -0.3 is 5.32 Å². The van der Waals surface area contributed by atoms with Crippen molar-refractivity contribution in [3.8, 4) is 0 Å². The van der Waals surface area contributed by atoms with Crippen LogP contribution in [0.5, 0.6) is 0 Å². The second kappa shape index (κ2) is 10.8. The first-order chi connectivity index (χ1) is 18.6. The van der Waals surface area contributed by atoms with Crippen LogP contribution in [0.3, 0.4) is 0 Å². The highest BCUT2D eigenvalue weighted by atomic mass is 35.5. The molecule has 0 aliphatic rings. The molecule has 0 aliphatic heterocycles. The zero-order chi connectivity index (χ0) is 27.7. The Balaban J connectivity index is 1.42. The molecule has 9 heteroatoms. The molecule has 4 aromatic carbocycles. The Morgan fingerprint density at radius 1 is 0.872 bits per heavy atom. The summed E-state index contributed by atoms with van der Waals surface area (Å²) in [6.07, 6.45) is 0.287. The normalized spacial score (nSPS) is 12.4. The molecule has 0 fully saturated rings. The highest BCUT2D eigenvalue weighted by molar-refractivity contribution is 7.90. The molecule has 0 aliphatic carbocycles. The molecule has 5 rings (SSSR count). The molecule has 1 N–H and O–H groups in total. The van der Waals surface area contributed by atoms with E-state index in [-0.39, 0.29) is 23.3 Å². The van der Waals surface area contributed by atoms with Gasteiger partial charge >= 0.3 is 0 Å². The first-order valence-electron chi connectivity index (χ1n) is 12.1. The number of hydrogen-bond acceptors (Lipinski definition) is 3. The SMILES string of the molecule is CC(NC(=O)c1ccc(Cl)cc1)c1ccc(Cc2cc3cc(F)ccc3n2S(=O)(=O)c2ccc(Cl)cc2)cc1. The van der Waals surface area contributed by atoms with Crippen LogP contribution in [0.2, 0.25) is 10.0 Å². The van der Waals surface area contributed by atoms with Crippen LogP contribution in [-0.2, 0) is 16.4 Å². The Labute approximate surface area is 235 Å². The Morgan fingerprint density at radius 3 is 2.13 bits per heavy atom. The van der Waals surface area contributed by atoms with Gasteiger partial charge in [-0.1, -0.05) is 47.5 Å². The molecule has 1 unspecified atom stereocenters. The maximum atomic E-state index is 14.0. The van der Waals surface area contributed by atoms with Crippen LogP contribution in [0, 0.1) is 5.82 Å². The summed E-state index contributed by atoms with van der Waals surface area (Å²) in [7, 11) is -3.99. The van der Waals surface area contributed by atoms with Gasteiger partial charge in [0.1, 0.15) is 5.82 Å². The van der Waals surface area contributed by atoms with Gasteiger partial charge in [-0.2, -0.15) is 0 Å². The number of aromatic nitrogens is 1. The van der Waals surface area contributed by atoms with Crippen LogP contribution in [0.25, 0.3) is 10.9 Å². The molecular formula is C30H23Cl2FN2O3S. The summed E-state index contributed by atoms with van der Waals surface area (Å²) in [5, 5.41) is 4.43. The fourth-order valence-corrected chi connectivity index (χ4v) is 6.23. The molecule has 39 heavy (non-hydrogen) atoms. The molecule has 0 saturated carbocycles. The molecule has 0 radical (unpaired) electrons. The minimum atomic E-state index is -3.99.